The molecule has 1 amide bonds. The van der Waals surface area contributed by atoms with Crippen LogP contribution in [0.1, 0.15) is 47.4 Å². The monoisotopic (exact) mass is 485 g/mol. The highest BCUT2D eigenvalue weighted by atomic mass is 35.5. The molecule has 2 aromatic carbocycles. The fourth-order valence-electron chi connectivity index (χ4n) is 4.84. The minimum atomic E-state index is -0.166. The van der Waals surface area contributed by atoms with Gasteiger partial charge in [-0.05, 0) is 76.9 Å². The molecule has 7 heteroatoms. The molecule has 33 heavy (non-hydrogen) atoms. The number of aromatic nitrogens is 1. The number of amides is 1. The molecular formula is C26H29Cl2N3O2. The minimum Gasteiger partial charge on any atom is -0.360 e. The molecule has 1 aromatic heterocycles. The second kappa shape index (κ2) is 9.88. The normalized spacial score (nSPS) is 20.7. The highest BCUT2D eigenvalue weighted by Crippen LogP contribution is 2.36. The summed E-state index contributed by atoms with van der Waals surface area (Å²) in [5, 5.41) is 8.64. The van der Waals surface area contributed by atoms with Crippen molar-refractivity contribution in [3.8, 4) is 11.3 Å². The maximum Gasteiger partial charge on any atom is 0.257 e. The molecule has 0 bridgehead atoms. The third-order valence-electron chi connectivity index (χ3n) is 6.84. The Morgan fingerprint density at radius 2 is 1.88 bits per heavy atom. The molecule has 3 aromatic rings. The first-order valence-corrected chi connectivity index (χ1v) is 12.0. The molecule has 0 aliphatic heterocycles. The minimum absolute atomic E-state index is 0.0434. The number of halogens is 2. The predicted molar refractivity (Wildman–Crippen MR) is 133 cm³/mol. The van der Waals surface area contributed by atoms with Gasteiger partial charge in [-0.15, -0.1) is 0 Å². The van der Waals surface area contributed by atoms with Gasteiger partial charge in [-0.25, -0.2) is 0 Å². The highest BCUT2D eigenvalue weighted by molar-refractivity contribution is 6.33. The first-order valence-electron chi connectivity index (χ1n) is 11.2. The number of aryl methyl sites for hydroxylation is 1. The first kappa shape index (κ1) is 23.8. The number of rotatable bonds is 6. The van der Waals surface area contributed by atoms with E-state index in [9.17, 15) is 4.79 Å². The van der Waals surface area contributed by atoms with Gasteiger partial charge in [0.25, 0.3) is 5.91 Å². The molecule has 1 N–H and O–H groups in total. The van der Waals surface area contributed by atoms with E-state index in [1.54, 1.807) is 13.0 Å². The molecule has 1 saturated carbocycles. The average molecular weight is 486 g/mol. The highest BCUT2D eigenvalue weighted by Gasteiger charge is 2.38. The maximum absolute atomic E-state index is 13.2. The summed E-state index contributed by atoms with van der Waals surface area (Å²) in [6.07, 6.45) is 4.70. The fraction of sp³-hybridized carbons (Fsp3) is 0.385. The van der Waals surface area contributed by atoms with Crippen molar-refractivity contribution < 1.29 is 9.32 Å². The van der Waals surface area contributed by atoms with Gasteiger partial charge in [0.05, 0.1) is 5.02 Å². The topological polar surface area (TPSA) is 58.4 Å². The van der Waals surface area contributed by atoms with E-state index in [1.165, 1.54) is 5.56 Å². The van der Waals surface area contributed by atoms with Gasteiger partial charge in [-0.2, -0.15) is 0 Å². The van der Waals surface area contributed by atoms with Crippen LogP contribution in [0.15, 0.2) is 53.1 Å². The summed E-state index contributed by atoms with van der Waals surface area (Å²) in [5.41, 5.74) is 2.91. The zero-order valence-electron chi connectivity index (χ0n) is 19.2. The van der Waals surface area contributed by atoms with Crippen molar-refractivity contribution in [1.82, 2.24) is 15.4 Å². The molecule has 174 valence electrons. The summed E-state index contributed by atoms with van der Waals surface area (Å²) in [6, 6.07) is 15.5. The van der Waals surface area contributed by atoms with Crippen LogP contribution in [0.3, 0.4) is 0 Å². The van der Waals surface area contributed by atoms with Crippen LogP contribution in [0.25, 0.3) is 11.3 Å². The molecule has 4 rings (SSSR count). The van der Waals surface area contributed by atoms with Crippen LogP contribution in [0.5, 0.6) is 0 Å². The molecule has 0 unspecified atom stereocenters. The standard InChI is InChI=1S/C26H29Cl2N3O2/c1-17-23(24(30-33-17)21-9-4-5-10-22(21)28)25(32)29-20-11-13-26(14-12-20,31(2)3)16-18-7-6-8-19(27)15-18/h4-10,15,20H,11-14,16H2,1-3H3,(H,29,32). The Labute approximate surface area is 205 Å². The van der Waals surface area contributed by atoms with E-state index >= 15 is 0 Å². The largest absolute Gasteiger partial charge is 0.360 e. The van der Waals surface area contributed by atoms with Gasteiger partial charge in [-0.1, -0.05) is 58.7 Å². The third-order valence-corrected chi connectivity index (χ3v) is 7.41. The molecular weight excluding hydrogens is 457 g/mol. The summed E-state index contributed by atoms with van der Waals surface area (Å²) >= 11 is 12.6. The van der Waals surface area contributed by atoms with Crippen molar-refractivity contribution >= 4 is 29.1 Å². The Morgan fingerprint density at radius 1 is 1.15 bits per heavy atom. The Kier molecular flexibility index (Phi) is 7.13. The summed E-state index contributed by atoms with van der Waals surface area (Å²) in [4.78, 5) is 15.6. The van der Waals surface area contributed by atoms with Crippen molar-refractivity contribution in [1.29, 1.82) is 0 Å². The number of hydrogen-bond acceptors (Lipinski definition) is 4. The van der Waals surface area contributed by atoms with E-state index in [1.807, 2.05) is 36.4 Å². The second-order valence-electron chi connectivity index (χ2n) is 9.12. The molecule has 1 heterocycles. The molecule has 0 saturated heterocycles. The third kappa shape index (κ3) is 5.11. The first-order chi connectivity index (χ1) is 15.8. The number of nitrogens with one attached hydrogen (secondary N) is 1. The molecule has 0 atom stereocenters. The lowest BCUT2D eigenvalue weighted by atomic mass is 9.74. The van der Waals surface area contributed by atoms with E-state index < -0.39 is 0 Å². The van der Waals surface area contributed by atoms with Crippen molar-refractivity contribution in [2.75, 3.05) is 14.1 Å². The lowest BCUT2D eigenvalue weighted by Gasteiger charge is -2.45. The predicted octanol–water partition coefficient (Wildman–Crippen LogP) is 6.17. The molecule has 5 nitrogen and oxygen atoms in total. The number of hydrogen-bond donors (Lipinski definition) is 1. The SMILES string of the molecule is Cc1onc(-c2ccccc2Cl)c1C(=O)NC1CCC(Cc2cccc(Cl)c2)(N(C)C)CC1. The van der Waals surface area contributed by atoms with Crippen LogP contribution >= 0.6 is 23.2 Å². The summed E-state index contributed by atoms with van der Waals surface area (Å²) < 4.78 is 5.37. The number of likely N-dealkylation sites (N-methyl/N-ethyl adjacent to an activating group) is 1. The van der Waals surface area contributed by atoms with Crippen molar-refractivity contribution in [2.24, 2.45) is 0 Å². The Balaban J connectivity index is 1.47. The zero-order valence-corrected chi connectivity index (χ0v) is 20.7. The van der Waals surface area contributed by atoms with Gasteiger partial charge in [0.15, 0.2) is 0 Å². The van der Waals surface area contributed by atoms with E-state index in [2.05, 4.69) is 35.5 Å². The molecule has 1 fully saturated rings. The summed E-state index contributed by atoms with van der Waals surface area (Å²) in [6.45, 7) is 1.76. The number of carbonyl (C=O) groups excluding carboxylic acids is 1. The lowest BCUT2D eigenvalue weighted by Crippen LogP contribution is -2.52. The molecule has 1 aliphatic rings. The van der Waals surface area contributed by atoms with Gasteiger partial charge in [-0.3, -0.25) is 4.79 Å². The van der Waals surface area contributed by atoms with Crippen LogP contribution in [0.4, 0.5) is 0 Å². The quantitative estimate of drug-likeness (QED) is 0.453. The van der Waals surface area contributed by atoms with E-state index in [0.717, 1.165) is 37.1 Å². The Bertz CT molecular complexity index is 1130. The average Bonchev–Trinajstić information content (AvgIpc) is 3.16. The summed E-state index contributed by atoms with van der Waals surface area (Å²) in [5.74, 6) is 0.322. The van der Waals surface area contributed by atoms with Crippen molar-refractivity contribution in [3.63, 3.8) is 0 Å². The van der Waals surface area contributed by atoms with Crippen LogP contribution in [-0.4, -0.2) is 41.6 Å². The van der Waals surface area contributed by atoms with E-state index in [4.69, 9.17) is 27.7 Å². The van der Waals surface area contributed by atoms with Gasteiger partial charge >= 0.3 is 0 Å². The molecule has 1 aliphatic carbocycles. The van der Waals surface area contributed by atoms with Gasteiger partial charge in [0.1, 0.15) is 17.0 Å². The molecule has 0 radical (unpaired) electrons. The van der Waals surface area contributed by atoms with E-state index in [-0.39, 0.29) is 17.5 Å². The van der Waals surface area contributed by atoms with Gasteiger partial charge < -0.3 is 14.7 Å². The van der Waals surface area contributed by atoms with Crippen LogP contribution in [-0.2, 0) is 6.42 Å². The Morgan fingerprint density at radius 3 is 2.55 bits per heavy atom. The van der Waals surface area contributed by atoms with Gasteiger partial charge in [0.2, 0.25) is 0 Å². The lowest BCUT2D eigenvalue weighted by molar-refractivity contribution is 0.0769. The number of benzene rings is 2. The van der Waals surface area contributed by atoms with Crippen LogP contribution in [0, 0.1) is 6.92 Å². The zero-order chi connectivity index (χ0) is 23.6. The van der Waals surface area contributed by atoms with Crippen molar-refractivity contribution in [3.05, 3.63) is 75.5 Å². The number of nitrogens with zero attached hydrogens (tertiary/aromatic N) is 2. The van der Waals surface area contributed by atoms with Crippen molar-refractivity contribution in [2.45, 2.75) is 50.6 Å². The van der Waals surface area contributed by atoms with Crippen LogP contribution < -0.4 is 5.32 Å². The van der Waals surface area contributed by atoms with E-state index in [0.29, 0.717) is 27.6 Å². The van der Waals surface area contributed by atoms with Gasteiger partial charge in [0, 0.05) is 22.2 Å². The fourth-order valence-corrected chi connectivity index (χ4v) is 5.28. The second-order valence-corrected chi connectivity index (χ2v) is 9.96. The smallest absolute Gasteiger partial charge is 0.257 e. The summed E-state index contributed by atoms with van der Waals surface area (Å²) in [7, 11) is 4.28. The number of carbonyl (C=O) groups is 1. The molecule has 0 spiro atoms. The van der Waals surface area contributed by atoms with Crippen LogP contribution in [0.2, 0.25) is 10.0 Å². The maximum atomic E-state index is 13.2. The Hall–Kier alpha value is -2.34.